The summed E-state index contributed by atoms with van der Waals surface area (Å²) in [6.07, 6.45) is 1.54. The number of nitrogens with one attached hydrogen (secondary N) is 1. The maximum Gasteiger partial charge on any atom is 0.337 e. The molecule has 0 aliphatic rings. The predicted molar refractivity (Wildman–Crippen MR) is 80.2 cm³/mol. The van der Waals surface area contributed by atoms with Crippen LogP contribution < -0.4 is 0 Å². The summed E-state index contributed by atoms with van der Waals surface area (Å²) < 4.78 is 0. The van der Waals surface area contributed by atoms with Gasteiger partial charge in [0.15, 0.2) is 0 Å². The van der Waals surface area contributed by atoms with E-state index in [1.807, 2.05) is 18.2 Å². The fourth-order valence-electron chi connectivity index (χ4n) is 2.61. The molecule has 0 aliphatic heterocycles. The highest BCUT2D eigenvalue weighted by Crippen LogP contribution is 2.28. The molecule has 3 aromatic rings. The third-order valence-electron chi connectivity index (χ3n) is 3.61. The van der Waals surface area contributed by atoms with Gasteiger partial charge in [-0.15, -0.1) is 0 Å². The van der Waals surface area contributed by atoms with Crippen molar-refractivity contribution in [1.29, 1.82) is 0 Å². The topological polar surface area (TPSA) is 53.1 Å². The Morgan fingerprint density at radius 1 is 1.10 bits per heavy atom. The van der Waals surface area contributed by atoms with Crippen LogP contribution in [0.1, 0.15) is 21.5 Å². The largest absolute Gasteiger partial charge is 0.478 e. The molecule has 0 bridgehead atoms. The van der Waals surface area contributed by atoms with Gasteiger partial charge in [0, 0.05) is 17.1 Å². The summed E-state index contributed by atoms with van der Waals surface area (Å²) in [5.74, 6) is -0.907. The number of carboxylic acid groups (broad SMARTS) is 1. The molecule has 2 N–H and O–H groups in total. The predicted octanol–water partition coefficient (Wildman–Crippen LogP) is 4.15. The van der Waals surface area contributed by atoms with E-state index in [4.69, 9.17) is 5.11 Å². The molecule has 0 saturated heterocycles. The Labute approximate surface area is 116 Å². The Bertz CT molecular complexity index is 815. The van der Waals surface area contributed by atoms with Crippen LogP contribution >= 0.6 is 0 Å². The van der Waals surface area contributed by atoms with Gasteiger partial charge in [0.2, 0.25) is 0 Å². The van der Waals surface area contributed by atoms with Crippen LogP contribution in [0.25, 0.3) is 22.0 Å². The van der Waals surface area contributed by atoms with Crippen molar-refractivity contribution in [3.05, 3.63) is 59.3 Å². The lowest BCUT2D eigenvalue weighted by atomic mass is 9.97. The van der Waals surface area contributed by atoms with Crippen LogP contribution in [0.5, 0.6) is 0 Å². The van der Waals surface area contributed by atoms with Gasteiger partial charge in [-0.2, -0.15) is 0 Å². The van der Waals surface area contributed by atoms with E-state index in [-0.39, 0.29) is 0 Å². The van der Waals surface area contributed by atoms with Crippen LogP contribution in [-0.2, 0) is 0 Å². The van der Waals surface area contributed by atoms with Crippen LogP contribution in [0, 0.1) is 13.8 Å². The number of aromatic amines is 1. The average molecular weight is 265 g/mol. The summed E-state index contributed by atoms with van der Waals surface area (Å²) in [4.78, 5) is 14.1. The third kappa shape index (κ3) is 1.97. The first kappa shape index (κ1) is 12.5. The van der Waals surface area contributed by atoms with Crippen molar-refractivity contribution in [2.75, 3.05) is 0 Å². The fourth-order valence-corrected chi connectivity index (χ4v) is 2.61. The number of hydrogen-bond donors (Lipinski definition) is 2. The lowest BCUT2D eigenvalue weighted by molar-refractivity contribution is 0.0699. The zero-order chi connectivity index (χ0) is 14.3. The smallest absolute Gasteiger partial charge is 0.337 e. The highest BCUT2D eigenvalue weighted by Gasteiger charge is 2.11. The minimum atomic E-state index is -0.907. The van der Waals surface area contributed by atoms with Crippen LogP contribution in [0.4, 0.5) is 0 Å². The Morgan fingerprint density at radius 2 is 1.90 bits per heavy atom. The first-order valence-corrected chi connectivity index (χ1v) is 6.48. The zero-order valence-corrected chi connectivity index (χ0v) is 11.4. The molecule has 0 spiro atoms. The maximum atomic E-state index is 11.1. The van der Waals surface area contributed by atoms with Gasteiger partial charge in [-0.05, 0) is 36.6 Å². The Kier molecular flexibility index (Phi) is 2.83. The molecule has 2 aromatic carbocycles. The molecule has 0 radical (unpaired) electrons. The Balaban J connectivity index is 2.16. The number of fused-ring (bicyclic) bond motifs is 1. The van der Waals surface area contributed by atoms with Gasteiger partial charge in [0.05, 0.1) is 5.56 Å². The van der Waals surface area contributed by atoms with Gasteiger partial charge in [-0.3, -0.25) is 0 Å². The second-order valence-corrected chi connectivity index (χ2v) is 5.09. The zero-order valence-electron chi connectivity index (χ0n) is 11.4. The van der Waals surface area contributed by atoms with E-state index in [9.17, 15) is 4.79 Å². The lowest BCUT2D eigenvalue weighted by Gasteiger charge is -2.07. The Hall–Kier alpha value is -2.55. The molecule has 0 unspecified atom stereocenters. The number of carbonyl (C=O) groups is 1. The summed E-state index contributed by atoms with van der Waals surface area (Å²) in [6.45, 7) is 4.16. The van der Waals surface area contributed by atoms with Gasteiger partial charge >= 0.3 is 5.97 Å². The third-order valence-corrected chi connectivity index (χ3v) is 3.61. The Morgan fingerprint density at radius 3 is 2.60 bits per heavy atom. The molecule has 3 heteroatoms. The summed E-state index contributed by atoms with van der Waals surface area (Å²) in [6, 6.07) is 12.2. The molecule has 20 heavy (non-hydrogen) atoms. The first-order valence-electron chi connectivity index (χ1n) is 6.48. The molecule has 0 aliphatic carbocycles. The molecule has 0 saturated carbocycles. The molecule has 0 atom stereocenters. The molecule has 0 fully saturated rings. The van der Waals surface area contributed by atoms with Gasteiger partial charge in [0.25, 0.3) is 0 Å². The van der Waals surface area contributed by atoms with Crippen molar-refractivity contribution >= 4 is 16.9 Å². The normalized spacial score (nSPS) is 10.9. The number of aryl methyl sites for hydroxylation is 2. The van der Waals surface area contributed by atoms with Gasteiger partial charge in [-0.25, -0.2) is 4.79 Å². The summed E-state index contributed by atoms with van der Waals surface area (Å²) in [7, 11) is 0. The number of aromatic carboxylic acids is 1. The minimum Gasteiger partial charge on any atom is -0.478 e. The number of hydrogen-bond acceptors (Lipinski definition) is 1. The SMILES string of the molecule is Cc1ccc(-c2ccc3c(C(=O)O)c[nH]c3c2)c(C)c1. The van der Waals surface area contributed by atoms with E-state index < -0.39 is 5.97 Å². The van der Waals surface area contributed by atoms with Crippen molar-refractivity contribution in [3.8, 4) is 11.1 Å². The molecule has 3 nitrogen and oxygen atoms in total. The molecule has 0 amide bonds. The molecule has 1 heterocycles. The van der Waals surface area contributed by atoms with E-state index >= 15 is 0 Å². The molecular weight excluding hydrogens is 250 g/mol. The van der Waals surface area contributed by atoms with Gasteiger partial charge < -0.3 is 10.1 Å². The van der Waals surface area contributed by atoms with Gasteiger partial charge in [0.1, 0.15) is 0 Å². The van der Waals surface area contributed by atoms with E-state index in [0.29, 0.717) is 5.56 Å². The molecular formula is C17H15NO2. The van der Waals surface area contributed by atoms with Crippen LogP contribution in [0.2, 0.25) is 0 Å². The van der Waals surface area contributed by atoms with Gasteiger partial charge in [-0.1, -0.05) is 35.9 Å². The van der Waals surface area contributed by atoms with Crippen LogP contribution in [-0.4, -0.2) is 16.1 Å². The van der Waals surface area contributed by atoms with Crippen molar-refractivity contribution in [2.24, 2.45) is 0 Å². The number of rotatable bonds is 2. The van der Waals surface area contributed by atoms with E-state index in [1.54, 1.807) is 6.20 Å². The standard InChI is InChI=1S/C17H15NO2/c1-10-3-5-13(11(2)7-10)12-4-6-14-15(17(19)20)9-18-16(14)8-12/h3-9,18H,1-2H3,(H,19,20). The maximum absolute atomic E-state index is 11.1. The molecule has 3 rings (SSSR count). The monoisotopic (exact) mass is 265 g/mol. The van der Waals surface area contributed by atoms with Crippen molar-refractivity contribution in [2.45, 2.75) is 13.8 Å². The minimum absolute atomic E-state index is 0.312. The van der Waals surface area contributed by atoms with Crippen LogP contribution in [0.15, 0.2) is 42.6 Å². The fraction of sp³-hybridized carbons (Fsp3) is 0.118. The quantitative estimate of drug-likeness (QED) is 0.731. The number of aromatic nitrogens is 1. The van der Waals surface area contributed by atoms with E-state index in [2.05, 4.69) is 37.0 Å². The highest BCUT2D eigenvalue weighted by atomic mass is 16.4. The lowest BCUT2D eigenvalue weighted by Crippen LogP contribution is -1.93. The molecule has 1 aromatic heterocycles. The van der Waals surface area contributed by atoms with Crippen molar-refractivity contribution in [3.63, 3.8) is 0 Å². The summed E-state index contributed by atoms with van der Waals surface area (Å²) >= 11 is 0. The van der Waals surface area contributed by atoms with Crippen molar-refractivity contribution < 1.29 is 9.90 Å². The first-order chi connectivity index (χ1) is 9.56. The second-order valence-electron chi connectivity index (χ2n) is 5.09. The molecule has 100 valence electrons. The van der Waals surface area contributed by atoms with Crippen molar-refractivity contribution in [1.82, 2.24) is 4.98 Å². The summed E-state index contributed by atoms with van der Waals surface area (Å²) in [5.41, 5.74) is 5.87. The number of carboxylic acids is 1. The average Bonchev–Trinajstić information content (AvgIpc) is 2.81. The van der Waals surface area contributed by atoms with Crippen LogP contribution in [0.3, 0.4) is 0 Å². The number of H-pyrrole nitrogens is 1. The van der Waals surface area contributed by atoms with E-state index in [0.717, 1.165) is 16.5 Å². The highest BCUT2D eigenvalue weighted by molar-refractivity contribution is 6.04. The second kappa shape index (κ2) is 4.53. The summed E-state index contributed by atoms with van der Waals surface area (Å²) in [5, 5.41) is 9.85. The number of benzene rings is 2. The van der Waals surface area contributed by atoms with E-state index in [1.165, 1.54) is 16.7 Å².